The number of imidazole rings is 1. The number of fused-ring (bicyclic) bond motifs is 1. The lowest BCUT2D eigenvalue weighted by molar-refractivity contribution is 0.414. The van der Waals surface area contributed by atoms with Crippen LogP contribution < -0.4 is 0 Å². The molecule has 0 amide bonds. The predicted octanol–water partition coefficient (Wildman–Crippen LogP) is 3.36. The van der Waals surface area contributed by atoms with E-state index in [1.807, 2.05) is 49.2 Å². The van der Waals surface area contributed by atoms with Crippen LogP contribution in [-0.2, 0) is 7.05 Å². The highest BCUT2D eigenvalue weighted by atomic mass is 15.3. The normalized spacial score (nSPS) is 14.8. The molecule has 0 saturated heterocycles. The lowest BCUT2D eigenvalue weighted by atomic mass is 10.1. The molecule has 1 fully saturated rings. The second-order valence-corrected chi connectivity index (χ2v) is 7.27. The summed E-state index contributed by atoms with van der Waals surface area (Å²) >= 11 is 0. The Labute approximate surface area is 163 Å². The maximum atomic E-state index is 4.91. The topological polar surface area (TPSA) is 65.8 Å². The van der Waals surface area contributed by atoms with E-state index < -0.39 is 0 Å². The molecule has 1 unspecified atom stereocenters. The third kappa shape index (κ3) is 2.97. The molecule has 7 heteroatoms. The van der Waals surface area contributed by atoms with Crippen LogP contribution in [0.25, 0.3) is 28.3 Å². The molecule has 1 aliphatic carbocycles. The quantitative estimate of drug-likeness (QED) is 0.505. The number of nitrogens with zero attached hydrogens (tertiary/aromatic N) is 7. The van der Waals surface area contributed by atoms with E-state index in [2.05, 4.69) is 37.9 Å². The van der Waals surface area contributed by atoms with Gasteiger partial charge in [0, 0.05) is 49.9 Å². The van der Waals surface area contributed by atoms with Gasteiger partial charge in [-0.15, -0.1) is 11.8 Å². The third-order valence-corrected chi connectivity index (χ3v) is 5.24. The minimum Gasteiger partial charge on any atom is -0.284 e. The monoisotopic (exact) mass is 371 g/mol. The van der Waals surface area contributed by atoms with Crippen LogP contribution in [0.5, 0.6) is 0 Å². The molecule has 1 saturated carbocycles. The molecule has 1 atom stereocenters. The first-order valence-corrected chi connectivity index (χ1v) is 9.50. The van der Waals surface area contributed by atoms with E-state index in [9.17, 15) is 0 Å². The molecule has 0 aromatic carbocycles. The summed E-state index contributed by atoms with van der Waals surface area (Å²) in [6, 6.07) is 2.32. The summed E-state index contributed by atoms with van der Waals surface area (Å²) in [7, 11) is 1.90. The van der Waals surface area contributed by atoms with Gasteiger partial charge in [0.05, 0.1) is 29.7 Å². The van der Waals surface area contributed by atoms with E-state index in [4.69, 9.17) is 4.98 Å². The summed E-state index contributed by atoms with van der Waals surface area (Å²) in [5, 5.41) is 8.93. The molecule has 5 rings (SSSR count). The van der Waals surface area contributed by atoms with Crippen LogP contribution in [0.2, 0.25) is 0 Å². The highest BCUT2D eigenvalue weighted by Gasteiger charge is 2.32. The summed E-state index contributed by atoms with van der Waals surface area (Å²) in [5.74, 6) is 7.75. The van der Waals surface area contributed by atoms with Gasteiger partial charge in [-0.2, -0.15) is 10.2 Å². The molecule has 7 nitrogen and oxygen atoms in total. The zero-order valence-electron chi connectivity index (χ0n) is 15.9. The number of hydrogen-bond acceptors (Lipinski definition) is 4. The van der Waals surface area contributed by atoms with Crippen LogP contribution in [0.3, 0.4) is 0 Å². The first kappa shape index (κ1) is 16.8. The second-order valence-electron chi connectivity index (χ2n) is 7.27. The Hall–Kier alpha value is -3.40. The molecule has 4 aromatic heterocycles. The van der Waals surface area contributed by atoms with Crippen molar-refractivity contribution in [3.63, 3.8) is 0 Å². The Balaban J connectivity index is 1.58. The Bertz CT molecular complexity index is 1200. The van der Waals surface area contributed by atoms with Crippen LogP contribution in [-0.4, -0.2) is 33.9 Å². The molecule has 0 radical (unpaired) electrons. The Morgan fingerprint density at radius 3 is 2.79 bits per heavy atom. The lowest BCUT2D eigenvalue weighted by Gasteiger charge is -2.13. The first-order chi connectivity index (χ1) is 13.7. The van der Waals surface area contributed by atoms with Crippen LogP contribution >= 0.6 is 0 Å². The zero-order chi connectivity index (χ0) is 19.1. The van der Waals surface area contributed by atoms with Gasteiger partial charge in [0.25, 0.3) is 0 Å². The van der Waals surface area contributed by atoms with Crippen molar-refractivity contribution in [1.82, 2.24) is 33.9 Å². The maximum absolute atomic E-state index is 4.91. The molecule has 0 N–H and O–H groups in total. The Kier molecular flexibility index (Phi) is 3.97. The molecule has 0 aliphatic heterocycles. The van der Waals surface area contributed by atoms with E-state index in [0.717, 1.165) is 34.7 Å². The Morgan fingerprint density at radius 2 is 2.04 bits per heavy atom. The number of aryl methyl sites for hydroxylation is 1. The summed E-state index contributed by atoms with van der Waals surface area (Å²) in [6.45, 7) is 1.89. The highest BCUT2D eigenvalue weighted by molar-refractivity contribution is 5.68. The molecule has 1 aliphatic rings. The van der Waals surface area contributed by atoms with E-state index in [1.165, 1.54) is 12.8 Å². The summed E-state index contributed by atoms with van der Waals surface area (Å²) < 4.78 is 5.84. The van der Waals surface area contributed by atoms with Gasteiger partial charge in [-0.1, -0.05) is 0 Å². The van der Waals surface area contributed by atoms with Gasteiger partial charge in [0.15, 0.2) is 0 Å². The van der Waals surface area contributed by atoms with Crippen molar-refractivity contribution in [2.24, 2.45) is 13.0 Å². The smallest absolute Gasteiger partial charge is 0.149 e. The van der Waals surface area contributed by atoms with Crippen LogP contribution in [0.4, 0.5) is 0 Å². The first-order valence-electron chi connectivity index (χ1n) is 9.50. The molecule has 28 heavy (non-hydrogen) atoms. The molecular formula is C21H21N7. The average molecular weight is 371 g/mol. The van der Waals surface area contributed by atoms with Crippen LogP contribution in [0, 0.1) is 17.8 Å². The average Bonchev–Trinajstić information content (AvgIpc) is 3.10. The zero-order valence-corrected chi connectivity index (χ0v) is 15.9. The van der Waals surface area contributed by atoms with Crippen molar-refractivity contribution in [2.45, 2.75) is 32.2 Å². The van der Waals surface area contributed by atoms with E-state index in [0.29, 0.717) is 12.0 Å². The van der Waals surface area contributed by atoms with E-state index >= 15 is 0 Å². The Morgan fingerprint density at radius 1 is 1.18 bits per heavy atom. The van der Waals surface area contributed by atoms with Crippen LogP contribution in [0.15, 0.2) is 43.2 Å². The molecule has 0 spiro atoms. The predicted molar refractivity (Wildman–Crippen MR) is 106 cm³/mol. The number of hydrogen-bond donors (Lipinski definition) is 0. The van der Waals surface area contributed by atoms with Crippen molar-refractivity contribution in [3.05, 3.63) is 43.2 Å². The van der Waals surface area contributed by atoms with Crippen molar-refractivity contribution >= 4 is 5.65 Å². The highest BCUT2D eigenvalue weighted by Crippen LogP contribution is 2.41. The number of rotatable bonds is 5. The standard InChI is InChI=1S/C21H21N7/c1-3-4-5-19(15-6-7-15)28-14-17(12-24-28)21-25-18(16-11-23-26(2)13-16)10-20-22-8-9-27(20)21/h8-15,19H,5-7H2,1-2H3. The minimum absolute atomic E-state index is 0.334. The maximum Gasteiger partial charge on any atom is 0.149 e. The van der Waals surface area contributed by atoms with Crippen molar-refractivity contribution < 1.29 is 0 Å². The third-order valence-electron chi connectivity index (χ3n) is 5.24. The van der Waals surface area contributed by atoms with Gasteiger partial charge in [0.1, 0.15) is 11.5 Å². The van der Waals surface area contributed by atoms with Gasteiger partial charge in [-0.3, -0.25) is 13.8 Å². The molecule has 140 valence electrons. The summed E-state index contributed by atoms with van der Waals surface area (Å²) in [6.07, 6.45) is 14.8. The van der Waals surface area contributed by atoms with E-state index in [1.54, 1.807) is 10.9 Å². The van der Waals surface area contributed by atoms with Crippen LogP contribution in [0.1, 0.15) is 32.2 Å². The fraction of sp³-hybridized carbons (Fsp3) is 0.333. The summed E-state index contributed by atoms with van der Waals surface area (Å²) in [4.78, 5) is 9.38. The lowest BCUT2D eigenvalue weighted by Crippen LogP contribution is -2.11. The largest absolute Gasteiger partial charge is 0.284 e. The fourth-order valence-corrected chi connectivity index (χ4v) is 3.63. The van der Waals surface area contributed by atoms with Gasteiger partial charge in [-0.05, 0) is 25.7 Å². The fourth-order valence-electron chi connectivity index (χ4n) is 3.63. The minimum atomic E-state index is 0.334. The van der Waals surface area contributed by atoms with Gasteiger partial charge in [-0.25, -0.2) is 9.97 Å². The van der Waals surface area contributed by atoms with Gasteiger partial charge in [0.2, 0.25) is 0 Å². The van der Waals surface area contributed by atoms with Gasteiger partial charge < -0.3 is 0 Å². The second kappa shape index (κ2) is 6.64. The van der Waals surface area contributed by atoms with Crippen molar-refractivity contribution in [1.29, 1.82) is 0 Å². The molecule has 0 bridgehead atoms. The van der Waals surface area contributed by atoms with Gasteiger partial charge >= 0.3 is 0 Å². The SMILES string of the molecule is CC#CCC(C1CC1)n1cc(-c2nc(-c3cnn(C)c3)cc3nccn23)cn1. The number of aromatic nitrogens is 7. The molecular weight excluding hydrogens is 350 g/mol. The summed E-state index contributed by atoms with van der Waals surface area (Å²) in [5.41, 5.74) is 3.65. The molecule has 4 aromatic rings. The molecule has 4 heterocycles. The van der Waals surface area contributed by atoms with Crippen molar-refractivity contribution in [2.75, 3.05) is 0 Å². The van der Waals surface area contributed by atoms with E-state index in [-0.39, 0.29) is 0 Å². The van der Waals surface area contributed by atoms with Crippen molar-refractivity contribution in [3.8, 4) is 34.5 Å².